The van der Waals surface area contributed by atoms with Gasteiger partial charge in [-0.3, -0.25) is 5.32 Å². The van der Waals surface area contributed by atoms with E-state index in [9.17, 15) is 13.2 Å². The summed E-state index contributed by atoms with van der Waals surface area (Å²) in [7, 11) is -3.80. The lowest BCUT2D eigenvalue weighted by molar-refractivity contribution is 0.195. The summed E-state index contributed by atoms with van der Waals surface area (Å²) in [5.41, 5.74) is 3.48. The van der Waals surface area contributed by atoms with E-state index in [2.05, 4.69) is 34.6 Å². The lowest BCUT2D eigenvalue weighted by atomic mass is 9.88. The molecule has 0 bridgehead atoms. The summed E-state index contributed by atoms with van der Waals surface area (Å²) in [6, 6.07) is 26.3. The Bertz CT molecular complexity index is 1440. The zero-order chi connectivity index (χ0) is 27.3. The molecule has 38 heavy (non-hydrogen) atoms. The number of hydrogen-bond donors (Lipinski definition) is 2. The van der Waals surface area contributed by atoms with Gasteiger partial charge < -0.3 is 4.90 Å². The summed E-state index contributed by atoms with van der Waals surface area (Å²) in [5.74, 6) is 0.146. The summed E-state index contributed by atoms with van der Waals surface area (Å²) in [5, 5.41) is 8.42. The number of urea groups is 1. The van der Waals surface area contributed by atoms with Crippen LogP contribution in [-0.2, 0) is 10.0 Å². The number of nitrogens with zero attached hydrogens (tertiary/aromatic N) is 2. The largest absolute Gasteiger partial charge is 0.323 e. The predicted molar refractivity (Wildman–Crippen MR) is 154 cm³/mol. The molecule has 4 aromatic rings. The zero-order valence-electron chi connectivity index (χ0n) is 21.0. The van der Waals surface area contributed by atoms with Crippen LogP contribution in [0.3, 0.4) is 0 Å². The number of benzene rings is 3. The van der Waals surface area contributed by atoms with Crippen molar-refractivity contribution in [2.24, 2.45) is 5.14 Å². The molecule has 3 N–H and O–H groups in total. The van der Waals surface area contributed by atoms with Crippen LogP contribution >= 0.6 is 22.9 Å². The molecule has 0 saturated carbocycles. The molecule has 0 fully saturated rings. The second-order valence-electron chi connectivity index (χ2n) is 9.09. The highest BCUT2D eigenvalue weighted by molar-refractivity contribution is 7.89. The van der Waals surface area contributed by atoms with Crippen molar-refractivity contribution in [2.75, 3.05) is 11.9 Å². The van der Waals surface area contributed by atoms with Gasteiger partial charge in [-0.1, -0.05) is 95.7 Å². The molecule has 7 nitrogen and oxygen atoms in total. The third kappa shape index (κ3) is 6.79. The minimum absolute atomic E-state index is 0.00184. The van der Waals surface area contributed by atoms with Gasteiger partial charge in [0, 0.05) is 24.1 Å². The number of sulfonamides is 1. The minimum Gasteiger partial charge on any atom is -0.322 e. The summed E-state index contributed by atoms with van der Waals surface area (Å²) in [6.07, 6.45) is 0.750. The molecule has 0 saturated heterocycles. The van der Waals surface area contributed by atoms with E-state index in [-0.39, 0.29) is 22.9 Å². The smallest absolute Gasteiger partial charge is 0.322 e. The molecule has 3 aromatic carbocycles. The van der Waals surface area contributed by atoms with Crippen molar-refractivity contribution in [3.8, 4) is 11.3 Å². The minimum atomic E-state index is -3.80. The molecule has 2 amide bonds. The van der Waals surface area contributed by atoms with Gasteiger partial charge >= 0.3 is 6.03 Å². The van der Waals surface area contributed by atoms with Crippen molar-refractivity contribution < 1.29 is 13.2 Å². The number of halogens is 1. The Labute approximate surface area is 232 Å². The van der Waals surface area contributed by atoms with Crippen LogP contribution in [-0.4, -0.2) is 36.9 Å². The van der Waals surface area contributed by atoms with Gasteiger partial charge in [-0.25, -0.2) is 23.3 Å². The molecular formula is C28H29ClN4O3S2. The van der Waals surface area contributed by atoms with E-state index in [1.165, 1.54) is 23.3 Å². The van der Waals surface area contributed by atoms with Gasteiger partial charge in [0.1, 0.15) is 10.0 Å². The fourth-order valence-electron chi connectivity index (χ4n) is 4.26. The topological polar surface area (TPSA) is 105 Å². The summed E-state index contributed by atoms with van der Waals surface area (Å²) in [4.78, 5) is 19.6. The SMILES string of the molecule is CC(C)N(CCC(c1ccccc1)c1ccccc1)C(=O)Nc1nc(-c2ccc(S(N)(=O)=O)cc2)c(Cl)s1. The summed E-state index contributed by atoms with van der Waals surface area (Å²) in [6.45, 7) is 4.50. The van der Waals surface area contributed by atoms with Crippen LogP contribution in [0.2, 0.25) is 4.34 Å². The van der Waals surface area contributed by atoms with Gasteiger partial charge in [-0.2, -0.15) is 0 Å². The van der Waals surface area contributed by atoms with E-state index in [1.807, 2.05) is 50.2 Å². The van der Waals surface area contributed by atoms with Crippen LogP contribution in [0.15, 0.2) is 89.8 Å². The Morgan fingerprint density at radius 2 is 1.53 bits per heavy atom. The predicted octanol–water partition coefficient (Wildman–Crippen LogP) is 6.58. The summed E-state index contributed by atoms with van der Waals surface area (Å²) < 4.78 is 23.5. The lowest BCUT2D eigenvalue weighted by Gasteiger charge is -2.29. The highest BCUT2D eigenvalue weighted by atomic mass is 35.5. The monoisotopic (exact) mass is 568 g/mol. The molecule has 0 spiro atoms. The van der Waals surface area contributed by atoms with E-state index in [1.54, 1.807) is 17.0 Å². The van der Waals surface area contributed by atoms with E-state index in [0.29, 0.717) is 27.3 Å². The Morgan fingerprint density at radius 3 is 2.03 bits per heavy atom. The molecule has 1 aromatic heterocycles. The normalized spacial score (nSPS) is 11.6. The van der Waals surface area contributed by atoms with Gasteiger partial charge in [-0.05, 0) is 43.5 Å². The van der Waals surface area contributed by atoms with Gasteiger partial charge in [-0.15, -0.1) is 0 Å². The number of nitrogens with one attached hydrogen (secondary N) is 1. The zero-order valence-corrected chi connectivity index (χ0v) is 23.4. The van der Waals surface area contributed by atoms with Crippen LogP contribution < -0.4 is 10.5 Å². The number of hydrogen-bond acceptors (Lipinski definition) is 5. The van der Waals surface area contributed by atoms with Crippen molar-refractivity contribution in [3.63, 3.8) is 0 Å². The van der Waals surface area contributed by atoms with Gasteiger partial charge in [0.05, 0.1) is 4.90 Å². The molecule has 0 aliphatic heterocycles. The molecular weight excluding hydrogens is 540 g/mol. The van der Waals surface area contributed by atoms with Crippen LogP contribution in [0.1, 0.15) is 37.3 Å². The fraction of sp³-hybridized carbons (Fsp3) is 0.214. The first-order valence-corrected chi connectivity index (χ1v) is 14.8. The molecule has 0 aliphatic carbocycles. The van der Waals surface area contributed by atoms with E-state index in [4.69, 9.17) is 16.7 Å². The maximum atomic E-state index is 13.3. The second kappa shape index (κ2) is 12.1. The number of carbonyl (C=O) groups excluding carboxylic acids is 1. The molecule has 0 radical (unpaired) electrons. The maximum absolute atomic E-state index is 13.3. The number of anilines is 1. The standard InChI is InChI=1S/C28H29ClN4O3S2/c1-19(2)33(18-17-24(20-9-5-3-6-10-20)21-11-7-4-8-12-21)28(34)32-27-31-25(26(29)37-27)22-13-15-23(16-14-22)38(30,35)36/h3-16,19,24H,17-18H2,1-2H3,(H2,30,35,36)(H,31,32,34). The Hall–Kier alpha value is -3.24. The first-order chi connectivity index (χ1) is 18.1. The number of carbonyl (C=O) groups is 1. The Balaban J connectivity index is 1.49. The van der Waals surface area contributed by atoms with Crippen molar-refractivity contribution in [1.29, 1.82) is 0 Å². The third-order valence-electron chi connectivity index (χ3n) is 6.20. The van der Waals surface area contributed by atoms with Crippen LogP contribution in [0.4, 0.5) is 9.93 Å². The highest BCUT2D eigenvalue weighted by Gasteiger charge is 2.23. The first-order valence-electron chi connectivity index (χ1n) is 12.1. The van der Waals surface area contributed by atoms with Crippen molar-refractivity contribution in [3.05, 3.63) is 100 Å². The molecule has 1 heterocycles. The first kappa shape index (κ1) is 27.8. The summed E-state index contributed by atoms with van der Waals surface area (Å²) >= 11 is 7.57. The molecule has 198 valence electrons. The van der Waals surface area contributed by atoms with Gasteiger partial charge in [0.2, 0.25) is 10.0 Å². The number of thiazole rings is 1. The van der Waals surface area contributed by atoms with Crippen molar-refractivity contribution >= 4 is 44.1 Å². The molecule has 0 atom stereocenters. The Kier molecular flexibility index (Phi) is 8.83. The molecule has 10 heteroatoms. The van der Waals surface area contributed by atoms with Crippen LogP contribution in [0.25, 0.3) is 11.3 Å². The highest BCUT2D eigenvalue weighted by Crippen LogP contribution is 2.36. The van der Waals surface area contributed by atoms with E-state index in [0.717, 1.165) is 17.8 Å². The van der Waals surface area contributed by atoms with Crippen LogP contribution in [0, 0.1) is 0 Å². The number of primary sulfonamides is 1. The molecule has 0 aliphatic rings. The lowest BCUT2D eigenvalue weighted by Crippen LogP contribution is -2.41. The van der Waals surface area contributed by atoms with Gasteiger partial charge in [0.25, 0.3) is 0 Å². The van der Waals surface area contributed by atoms with Crippen molar-refractivity contribution in [2.45, 2.75) is 37.1 Å². The number of rotatable bonds is 9. The maximum Gasteiger partial charge on any atom is 0.323 e. The van der Waals surface area contributed by atoms with Crippen LogP contribution in [0.5, 0.6) is 0 Å². The third-order valence-corrected chi connectivity index (χ3v) is 8.30. The van der Waals surface area contributed by atoms with E-state index < -0.39 is 10.0 Å². The van der Waals surface area contributed by atoms with Gasteiger partial charge in [0.15, 0.2) is 5.13 Å². The molecule has 0 unspecified atom stereocenters. The second-order valence-corrected chi connectivity index (χ2v) is 12.3. The molecule has 4 rings (SSSR count). The number of amides is 2. The fourth-order valence-corrected chi connectivity index (χ4v) is 5.85. The van der Waals surface area contributed by atoms with Crippen molar-refractivity contribution in [1.82, 2.24) is 9.88 Å². The number of aromatic nitrogens is 1. The Morgan fingerprint density at radius 1 is 0.974 bits per heavy atom. The quantitative estimate of drug-likeness (QED) is 0.238. The average molecular weight is 569 g/mol. The number of nitrogens with two attached hydrogens (primary N) is 1. The van der Waals surface area contributed by atoms with E-state index >= 15 is 0 Å². The average Bonchev–Trinajstić information content (AvgIpc) is 3.26.